The number of hydrogen-bond acceptors (Lipinski definition) is 5. The number of pyridine rings is 1. The molecule has 7 heteroatoms. The summed E-state index contributed by atoms with van der Waals surface area (Å²) < 4.78 is 1.95. The van der Waals surface area contributed by atoms with Crippen molar-refractivity contribution >= 4 is 17.4 Å². The third-order valence-electron chi connectivity index (χ3n) is 5.79. The molecule has 2 aromatic heterocycles. The fourth-order valence-electron chi connectivity index (χ4n) is 4.32. The van der Waals surface area contributed by atoms with Crippen LogP contribution in [0.4, 0.5) is 11.5 Å². The number of aryl methyl sites for hydroxylation is 1. The highest BCUT2D eigenvalue weighted by atomic mass is 16.2. The summed E-state index contributed by atoms with van der Waals surface area (Å²) in [7, 11) is 1.94. The lowest BCUT2D eigenvalue weighted by atomic mass is 9.89. The largest absolute Gasteiger partial charge is 0.363 e. The van der Waals surface area contributed by atoms with E-state index in [1.807, 2.05) is 47.9 Å². The van der Waals surface area contributed by atoms with Crippen molar-refractivity contribution in [2.45, 2.75) is 45.8 Å². The molecule has 0 radical (unpaired) electrons. The molecule has 0 fully saturated rings. The van der Waals surface area contributed by atoms with Gasteiger partial charge in [0, 0.05) is 42.7 Å². The molecule has 0 spiro atoms. The van der Waals surface area contributed by atoms with Crippen molar-refractivity contribution in [1.82, 2.24) is 20.1 Å². The molecule has 1 aliphatic rings. The molecule has 3 heterocycles. The van der Waals surface area contributed by atoms with Crippen LogP contribution < -0.4 is 15.5 Å². The number of anilines is 2. The van der Waals surface area contributed by atoms with Crippen molar-refractivity contribution in [3.63, 3.8) is 0 Å². The van der Waals surface area contributed by atoms with Gasteiger partial charge in [-0.2, -0.15) is 5.10 Å². The van der Waals surface area contributed by atoms with Gasteiger partial charge >= 0.3 is 0 Å². The average Bonchev–Trinajstić information content (AvgIpc) is 3.21. The Kier molecular flexibility index (Phi) is 6.04. The maximum atomic E-state index is 12.4. The van der Waals surface area contributed by atoms with Gasteiger partial charge in [-0.25, -0.2) is 4.98 Å². The predicted octanol–water partition coefficient (Wildman–Crippen LogP) is 3.77. The molecule has 162 valence electrons. The summed E-state index contributed by atoms with van der Waals surface area (Å²) >= 11 is 0. The molecule has 0 aliphatic carbocycles. The second-order valence-electron chi connectivity index (χ2n) is 8.20. The van der Waals surface area contributed by atoms with Crippen LogP contribution >= 0.6 is 0 Å². The van der Waals surface area contributed by atoms with Gasteiger partial charge in [0.2, 0.25) is 5.91 Å². The van der Waals surface area contributed by atoms with E-state index in [1.54, 1.807) is 6.92 Å². The van der Waals surface area contributed by atoms with Gasteiger partial charge in [0.1, 0.15) is 5.82 Å². The van der Waals surface area contributed by atoms with Gasteiger partial charge in [0.15, 0.2) is 0 Å². The number of benzene rings is 1. The second kappa shape index (κ2) is 8.89. The van der Waals surface area contributed by atoms with Crippen LogP contribution in [0.2, 0.25) is 0 Å². The minimum absolute atomic E-state index is 0.0634. The summed E-state index contributed by atoms with van der Waals surface area (Å²) in [6, 6.07) is 12.5. The van der Waals surface area contributed by atoms with Crippen LogP contribution in [0.25, 0.3) is 11.1 Å². The lowest BCUT2D eigenvalue weighted by Gasteiger charge is -2.39. The molecule has 1 aliphatic heterocycles. The number of rotatable bonds is 6. The van der Waals surface area contributed by atoms with Crippen LogP contribution in [0.1, 0.15) is 37.6 Å². The number of aromatic nitrogens is 3. The van der Waals surface area contributed by atoms with E-state index in [2.05, 4.69) is 52.0 Å². The van der Waals surface area contributed by atoms with E-state index in [-0.39, 0.29) is 18.0 Å². The van der Waals surface area contributed by atoms with Crippen molar-refractivity contribution in [3.05, 3.63) is 60.0 Å². The molecule has 7 nitrogen and oxygen atoms in total. The molecular formula is C24H30N6O. The number of amides is 1. The normalized spacial score (nSPS) is 18.0. The third kappa shape index (κ3) is 4.46. The Morgan fingerprint density at radius 2 is 2.06 bits per heavy atom. The van der Waals surface area contributed by atoms with Crippen LogP contribution in [0.15, 0.2) is 48.8 Å². The fraction of sp³-hybridized carbons (Fsp3) is 0.375. The number of carbonyl (C=O) groups is 1. The van der Waals surface area contributed by atoms with Gasteiger partial charge in [0.05, 0.1) is 18.8 Å². The van der Waals surface area contributed by atoms with Crippen molar-refractivity contribution < 1.29 is 4.79 Å². The molecule has 4 rings (SSSR count). The predicted molar refractivity (Wildman–Crippen MR) is 124 cm³/mol. The van der Waals surface area contributed by atoms with Gasteiger partial charge in [-0.1, -0.05) is 12.1 Å². The van der Waals surface area contributed by atoms with Crippen LogP contribution in [-0.4, -0.2) is 40.3 Å². The van der Waals surface area contributed by atoms with E-state index in [0.29, 0.717) is 0 Å². The Morgan fingerprint density at radius 1 is 1.23 bits per heavy atom. The minimum Gasteiger partial charge on any atom is -0.363 e. The first-order valence-corrected chi connectivity index (χ1v) is 10.8. The monoisotopic (exact) mass is 418 g/mol. The maximum absolute atomic E-state index is 12.4. The molecule has 0 saturated carbocycles. The summed E-state index contributed by atoms with van der Waals surface area (Å²) in [6.45, 7) is 7.41. The summed E-state index contributed by atoms with van der Waals surface area (Å²) in [6.07, 6.45) is 4.78. The SMILES string of the molecule is CNCCn1cc(-c2ccc3c(c2)[C@H](Nc2cccc(C)n2)C[C@H](C)N3C(C)=O)cn1. The molecule has 0 bridgehead atoms. The first-order chi connectivity index (χ1) is 15.0. The second-order valence-corrected chi connectivity index (χ2v) is 8.20. The number of nitrogens with zero attached hydrogens (tertiary/aromatic N) is 4. The Labute approximate surface area is 183 Å². The third-order valence-corrected chi connectivity index (χ3v) is 5.79. The summed E-state index contributed by atoms with van der Waals surface area (Å²) in [5, 5.41) is 11.2. The van der Waals surface area contributed by atoms with Crippen molar-refractivity contribution in [3.8, 4) is 11.1 Å². The van der Waals surface area contributed by atoms with Gasteiger partial charge < -0.3 is 15.5 Å². The Hall–Kier alpha value is -3.19. The molecule has 0 saturated heterocycles. The lowest BCUT2D eigenvalue weighted by molar-refractivity contribution is -0.117. The quantitative estimate of drug-likeness (QED) is 0.637. The topological polar surface area (TPSA) is 75.1 Å². The highest BCUT2D eigenvalue weighted by Gasteiger charge is 2.32. The van der Waals surface area contributed by atoms with E-state index < -0.39 is 0 Å². The van der Waals surface area contributed by atoms with E-state index in [1.165, 1.54) is 0 Å². The van der Waals surface area contributed by atoms with E-state index >= 15 is 0 Å². The van der Waals surface area contributed by atoms with Gasteiger partial charge in [-0.15, -0.1) is 0 Å². The summed E-state index contributed by atoms with van der Waals surface area (Å²) in [4.78, 5) is 18.9. The minimum atomic E-state index is 0.0634. The lowest BCUT2D eigenvalue weighted by Crippen LogP contribution is -2.43. The Bertz CT molecular complexity index is 1080. The van der Waals surface area contributed by atoms with Crippen LogP contribution in [0.5, 0.6) is 0 Å². The summed E-state index contributed by atoms with van der Waals surface area (Å²) in [5.41, 5.74) is 5.21. The number of fused-ring (bicyclic) bond motifs is 1. The highest BCUT2D eigenvalue weighted by Crippen LogP contribution is 2.40. The first-order valence-electron chi connectivity index (χ1n) is 10.8. The molecule has 3 aromatic rings. The van der Waals surface area contributed by atoms with Gasteiger partial charge in [-0.3, -0.25) is 9.48 Å². The number of likely N-dealkylation sites (N-methyl/N-ethyl adjacent to an activating group) is 1. The van der Waals surface area contributed by atoms with E-state index in [4.69, 9.17) is 0 Å². The van der Waals surface area contributed by atoms with Gasteiger partial charge in [-0.05, 0) is 62.7 Å². The number of nitrogens with one attached hydrogen (secondary N) is 2. The number of hydrogen-bond donors (Lipinski definition) is 2. The Balaban J connectivity index is 1.71. The van der Waals surface area contributed by atoms with Gasteiger partial charge in [0.25, 0.3) is 0 Å². The zero-order valence-corrected chi connectivity index (χ0v) is 18.6. The zero-order valence-electron chi connectivity index (χ0n) is 18.6. The first kappa shape index (κ1) is 21.1. The molecular weight excluding hydrogens is 388 g/mol. The van der Waals surface area contributed by atoms with Crippen molar-refractivity contribution in [2.75, 3.05) is 23.8 Å². The molecule has 2 atom stereocenters. The fourth-order valence-corrected chi connectivity index (χ4v) is 4.32. The van der Waals surface area contributed by atoms with Crippen molar-refractivity contribution in [1.29, 1.82) is 0 Å². The highest BCUT2D eigenvalue weighted by molar-refractivity contribution is 5.94. The Morgan fingerprint density at radius 3 is 2.81 bits per heavy atom. The van der Waals surface area contributed by atoms with Crippen LogP contribution in [-0.2, 0) is 11.3 Å². The van der Waals surface area contributed by atoms with Crippen molar-refractivity contribution in [2.24, 2.45) is 0 Å². The smallest absolute Gasteiger partial charge is 0.224 e. The standard InChI is InChI=1S/C24H30N6O/c1-16-6-5-7-24(27-16)28-22-12-17(2)30(18(3)31)23-9-8-19(13-21(22)23)20-14-26-29(15-20)11-10-25-4/h5-9,13-15,17,22,25H,10-12H2,1-4H3,(H,27,28)/t17-,22+/m0/s1. The molecule has 31 heavy (non-hydrogen) atoms. The molecule has 1 amide bonds. The molecule has 2 N–H and O–H groups in total. The molecule has 0 unspecified atom stereocenters. The van der Waals surface area contributed by atoms with E-state index in [0.717, 1.165) is 53.4 Å². The molecule has 1 aromatic carbocycles. The van der Waals surface area contributed by atoms with Crippen LogP contribution in [0, 0.1) is 6.92 Å². The zero-order chi connectivity index (χ0) is 22.0. The maximum Gasteiger partial charge on any atom is 0.224 e. The van der Waals surface area contributed by atoms with Crippen LogP contribution in [0.3, 0.4) is 0 Å². The van der Waals surface area contributed by atoms with E-state index in [9.17, 15) is 4.79 Å². The number of carbonyl (C=O) groups excluding carboxylic acids is 1. The average molecular weight is 419 g/mol. The summed E-state index contributed by atoms with van der Waals surface area (Å²) in [5.74, 6) is 0.915.